The van der Waals surface area contributed by atoms with Crippen LogP contribution in [0.15, 0.2) is 36.5 Å². The van der Waals surface area contributed by atoms with Gasteiger partial charge in [0.15, 0.2) is 0 Å². The molecule has 1 aromatic heterocycles. The van der Waals surface area contributed by atoms with Gasteiger partial charge < -0.3 is 5.32 Å². The average molecular weight is 247 g/mol. The van der Waals surface area contributed by atoms with Gasteiger partial charge >= 0.3 is 0 Å². The molecule has 0 fully saturated rings. The average Bonchev–Trinajstić information content (AvgIpc) is 2.75. The Morgan fingerprint density at radius 1 is 1.33 bits per heavy atom. The van der Waals surface area contributed by atoms with Gasteiger partial charge in [-0.2, -0.15) is 5.10 Å². The van der Waals surface area contributed by atoms with Crippen molar-refractivity contribution in [2.45, 2.75) is 19.4 Å². The molecular weight excluding hydrogens is 229 g/mol. The summed E-state index contributed by atoms with van der Waals surface area (Å²) in [4.78, 5) is 0. The van der Waals surface area contributed by atoms with Crippen molar-refractivity contribution in [3.05, 3.63) is 53.6 Å². The highest BCUT2D eigenvalue weighted by Crippen LogP contribution is 2.15. The Hall–Kier alpha value is -1.68. The number of nitrogens with one attached hydrogen (secondary N) is 1. The Balaban J connectivity index is 1.85. The van der Waals surface area contributed by atoms with Crippen molar-refractivity contribution in [1.29, 1.82) is 0 Å². The Morgan fingerprint density at radius 3 is 2.78 bits per heavy atom. The van der Waals surface area contributed by atoms with E-state index in [0.29, 0.717) is 5.56 Å². The van der Waals surface area contributed by atoms with Crippen LogP contribution >= 0.6 is 0 Å². The van der Waals surface area contributed by atoms with E-state index in [2.05, 4.69) is 10.4 Å². The highest BCUT2D eigenvalue weighted by atomic mass is 19.1. The number of nitrogens with zero attached hydrogens (tertiary/aromatic N) is 2. The van der Waals surface area contributed by atoms with Crippen LogP contribution < -0.4 is 5.32 Å². The number of hydrogen-bond donors (Lipinski definition) is 1. The molecule has 1 unspecified atom stereocenters. The first-order chi connectivity index (χ1) is 8.66. The van der Waals surface area contributed by atoms with Crippen molar-refractivity contribution >= 4 is 0 Å². The number of benzene rings is 1. The summed E-state index contributed by atoms with van der Waals surface area (Å²) in [7, 11) is 1.90. The second-order valence-corrected chi connectivity index (χ2v) is 4.43. The molecular formula is C14H18FN3. The van der Waals surface area contributed by atoms with E-state index >= 15 is 0 Å². The van der Waals surface area contributed by atoms with E-state index < -0.39 is 0 Å². The minimum Gasteiger partial charge on any atom is -0.310 e. The van der Waals surface area contributed by atoms with Gasteiger partial charge in [0.05, 0.1) is 5.69 Å². The third-order valence-electron chi connectivity index (χ3n) is 2.97. The third-order valence-corrected chi connectivity index (χ3v) is 2.97. The van der Waals surface area contributed by atoms with Gasteiger partial charge in [-0.1, -0.05) is 18.2 Å². The van der Waals surface area contributed by atoms with Crippen LogP contribution in [0, 0.1) is 5.82 Å². The maximum Gasteiger partial charge on any atom is 0.127 e. The van der Waals surface area contributed by atoms with Crippen LogP contribution in [0.3, 0.4) is 0 Å². The zero-order valence-electron chi connectivity index (χ0n) is 10.7. The number of aromatic nitrogens is 2. The summed E-state index contributed by atoms with van der Waals surface area (Å²) in [6, 6.07) is 8.87. The number of rotatable bonds is 5. The molecule has 0 radical (unpaired) electrons. The summed E-state index contributed by atoms with van der Waals surface area (Å²) in [6.07, 6.45) is 2.77. The molecule has 1 heterocycles. The predicted molar refractivity (Wildman–Crippen MR) is 69.7 cm³/mol. The molecule has 1 atom stereocenters. The highest BCUT2D eigenvalue weighted by Gasteiger charge is 2.09. The largest absolute Gasteiger partial charge is 0.310 e. The van der Waals surface area contributed by atoms with Crippen LogP contribution in [0.25, 0.3) is 0 Å². The molecule has 18 heavy (non-hydrogen) atoms. The first-order valence-corrected chi connectivity index (χ1v) is 6.13. The van der Waals surface area contributed by atoms with Crippen molar-refractivity contribution in [3.63, 3.8) is 0 Å². The van der Waals surface area contributed by atoms with Gasteiger partial charge in [-0.3, -0.25) is 4.68 Å². The smallest absolute Gasteiger partial charge is 0.127 e. The van der Waals surface area contributed by atoms with Gasteiger partial charge in [-0.05, 0) is 19.1 Å². The molecule has 0 saturated carbocycles. The second-order valence-electron chi connectivity index (χ2n) is 4.43. The van der Waals surface area contributed by atoms with Gasteiger partial charge in [-0.25, -0.2) is 4.39 Å². The third kappa shape index (κ3) is 3.17. The normalized spacial score (nSPS) is 12.6. The van der Waals surface area contributed by atoms with E-state index in [1.165, 1.54) is 6.07 Å². The molecule has 0 aliphatic heterocycles. The van der Waals surface area contributed by atoms with Crippen molar-refractivity contribution in [2.75, 3.05) is 6.54 Å². The zero-order valence-corrected chi connectivity index (χ0v) is 10.7. The van der Waals surface area contributed by atoms with E-state index in [1.54, 1.807) is 10.7 Å². The lowest BCUT2D eigenvalue weighted by molar-refractivity contribution is 0.528. The lowest BCUT2D eigenvalue weighted by Gasteiger charge is -2.14. The summed E-state index contributed by atoms with van der Waals surface area (Å²) < 4.78 is 15.3. The standard InChI is InChI=1S/C14H18FN3/c1-11(13-5-3-4-6-14(13)15)16-9-7-12-8-10-18(2)17-12/h3-6,8,10-11,16H,7,9H2,1-2H3. The molecule has 0 aliphatic carbocycles. The van der Waals surface area contributed by atoms with Crippen LogP contribution in [0.5, 0.6) is 0 Å². The maximum absolute atomic E-state index is 13.5. The molecule has 0 bridgehead atoms. The van der Waals surface area contributed by atoms with Gasteiger partial charge in [0.2, 0.25) is 0 Å². The van der Waals surface area contributed by atoms with Crippen molar-refractivity contribution < 1.29 is 4.39 Å². The molecule has 1 N–H and O–H groups in total. The summed E-state index contributed by atoms with van der Waals surface area (Å²) in [6.45, 7) is 2.75. The molecule has 96 valence electrons. The van der Waals surface area contributed by atoms with Crippen LogP contribution in [0.1, 0.15) is 24.2 Å². The Labute approximate surface area is 107 Å². The fourth-order valence-electron chi connectivity index (χ4n) is 1.95. The molecule has 4 heteroatoms. The van der Waals surface area contributed by atoms with Crippen molar-refractivity contribution in [3.8, 4) is 0 Å². The molecule has 0 spiro atoms. The molecule has 0 saturated heterocycles. The summed E-state index contributed by atoms with van der Waals surface area (Å²) in [5, 5.41) is 7.61. The quantitative estimate of drug-likeness (QED) is 0.879. The minimum absolute atomic E-state index is 0.00918. The maximum atomic E-state index is 13.5. The van der Waals surface area contributed by atoms with E-state index in [4.69, 9.17) is 0 Å². The highest BCUT2D eigenvalue weighted by molar-refractivity contribution is 5.20. The molecule has 1 aromatic carbocycles. The molecule has 3 nitrogen and oxygen atoms in total. The summed E-state index contributed by atoms with van der Waals surface area (Å²) in [5.41, 5.74) is 1.75. The lowest BCUT2D eigenvalue weighted by Crippen LogP contribution is -2.22. The van der Waals surface area contributed by atoms with Crippen molar-refractivity contribution in [1.82, 2.24) is 15.1 Å². The molecule has 0 aliphatic rings. The second kappa shape index (κ2) is 5.78. The summed E-state index contributed by atoms with van der Waals surface area (Å²) in [5.74, 6) is -0.157. The van der Waals surface area contributed by atoms with Crippen LogP contribution in [-0.4, -0.2) is 16.3 Å². The van der Waals surface area contributed by atoms with Crippen LogP contribution in [0.4, 0.5) is 4.39 Å². The van der Waals surface area contributed by atoms with Crippen LogP contribution in [0.2, 0.25) is 0 Å². The fourth-order valence-corrected chi connectivity index (χ4v) is 1.95. The summed E-state index contributed by atoms with van der Waals surface area (Å²) >= 11 is 0. The molecule has 0 amide bonds. The van der Waals surface area contributed by atoms with E-state index in [-0.39, 0.29) is 11.9 Å². The SMILES string of the molecule is CC(NCCc1ccn(C)n1)c1ccccc1F. The van der Waals surface area contributed by atoms with Gasteiger partial charge in [0, 0.05) is 37.8 Å². The number of aryl methyl sites for hydroxylation is 1. The van der Waals surface area contributed by atoms with Gasteiger partial charge in [0.1, 0.15) is 5.82 Å². The number of hydrogen-bond acceptors (Lipinski definition) is 2. The zero-order chi connectivity index (χ0) is 13.0. The fraction of sp³-hybridized carbons (Fsp3) is 0.357. The van der Waals surface area contributed by atoms with E-state index in [9.17, 15) is 4.39 Å². The van der Waals surface area contributed by atoms with E-state index in [1.807, 2.05) is 38.4 Å². The Kier molecular flexibility index (Phi) is 4.10. The number of halogens is 1. The van der Waals surface area contributed by atoms with Crippen LogP contribution in [-0.2, 0) is 13.5 Å². The first kappa shape index (κ1) is 12.8. The van der Waals surface area contributed by atoms with Gasteiger partial charge in [-0.15, -0.1) is 0 Å². The minimum atomic E-state index is -0.157. The molecule has 2 rings (SSSR count). The Morgan fingerprint density at radius 2 is 2.11 bits per heavy atom. The van der Waals surface area contributed by atoms with Gasteiger partial charge in [0.25, 0.3) is 0 Å². The van der Waals surface area contributed by atoms with Crippen molar-refractivity contribution in [2.24, 2.45) is 7.05 Å². The topological polar surface area (TPSA) is 29.9 Å². The molecule has 2 aromatic rings. The monoisotopic (exact) mass is 247 g/mol. The predicted octanol–water partition coefficient (Wildman–Crippen LogP) is 2.45. The Bertz CT molecular complexity index is 507. The lowest BCUT2D eigenvalue weighted by atomic mass is 10.1. The van der Waals surface area contributed by atoms with E-state index in [0.717, 1.165) is 18.7 Å². The first-order valence-electron chi connectivity index (χ1n) is 6.13.